The monoisotopic (exact) mass is 364 g/mol. The predicted molar refractivity (Wildman–Crippen MR) is 100 cm³/mol. The smallest absolute Gasteiger partial charge is 0.478 e. The van der Waals surface area contributed by atoms with Crippen molar-refractivity contribution < 1.29 is 18.4 Å². The lowest BCUT2D eigenvalue weighted by Crippen LogP contribution is -2.41. The molecule has 0 N–H and O–H groups in total. The van der Waals surface area contributed by atoms with Gasteiger partial charge in [0.25, 0.3) is 0 Å². The largest absolute Gasteiger partial charge is 0.499 e. The first kappa shape index (κ1) is 19.6. The van der Waals surface area contributed by atoms with Gasteiger partial charge in [0.15, 0.2) is 0 Å². The van der Waals surface area contributed by atoms with Gasteiger partial charge in [0, 0.05) is 18.1 Å². The summed E-state index contributed by atoms with van der Waals surface area (Å²) >= 11 is 0. The van der Waals surface area contributed by atoms with E-state index >= 15 is 0 Å². The van der Waals surface area contributed by atoms with E-state index in [2.05, 4.69) is 9.88 Å². The summed E-state index contributed by atoms with van der Waals surface area (Å²) in [4.78, 5) is 6.40. The lowest BCUT2D eigenvalue weighted by atomic mass is 9.80. The maximum absolute atomic E-state index is 14.4. The van der Waals surface area contributed by atoms with Crippen LogP contribution in [0.25, 0.3) is 0 Å². The van der Waals surface area contributed by atoms with Crippen LogP contribution in [0.15, 0.2) is 12.1 Å². The van der Waals surface area contributed by atoms with Crippen molar-refractivity contribution in [1.29, 1.82) is 0 Å². The fraction of sp³-hybridized carbons (Fsp3) is 0.737. The fourth-order valence-corrected chi connectivity index (χ4v) is 3.30. The molecule has 1 aromatic heterocycles. The maximum Gasteiger partial charge on any atom is 0.499 e. The zero-order valence-electron chi connectivity index (χ0n) is 16.4. The van der Waals surface area contributed by atoms with Crippen LogP contribution >= 0.6 is 0 Å². The highest BCUT2D eigenvalue weighted by atomic mass is 19.1. The van der Waals surface area contributed by atoms with E-state index in [0.29, 0.717) is 17.9 Å². The number of rotatable bonds is 6. The van der Waals surface area contributed by atoms with E-state index in [-0.39, 0.29) is 0 Å². The zero-order valence-corrected chi connectivity index (χ0v) is 16.4. The highest BCUT2D eigenvalue weighted by Gasteiger charge is 2.52. The average Bonchev–Trinajstić information content (AvgIpc) is 2.80. The SMILES string of the molecule is CC1(C)OB(c2ccc(OCCCN3CCCCC3)nc2F)OC1(C)C. The van der Waals surface area contributed by atoms with Crippen LogP contribution in [0.3, 0.4) is 0 Å². The van der Waals surface area contributed by atoms with Gasteiger partial charge >= 0.3 is 7.12 Å². The van der Waals surface area contributed by atoms with Gasteiger partial charge < -0.3 is 18.9 Å². The van der Waals surface area contributed by atoms with E-state index in [1.807, 2.05) is 27.7 Å². The van der Waals surface area contributed by atoms with Crippen molar-refractivity contribution in [3.05, 3.63) is 18.1 Å². The minimum atomic E-state index is -0.749. The summed E-state index contributed by atoms with van der Waals surface area (Å²) in [6.07, 6.45) is 4.83. The number of hydrogen-bond acceptors (Lipinski definition) is 5. The quantitative estimate of drug-likeness (QED) is 0.441. The summed E-state index contributed by atoms with van der Waals surface area (Å²) in [5.41, 5.74) is -0.703. The van der Waals surface area contributed by atoms with Crippen LogP contribution in [-0.2, 0) is 9.31 Å². The van der Waals surface area contributed by atoms with Gasteiger partial charge in [-0.1, -0.05) is 12.5 Å². The number of ether oxygens (including phenoxy) is 1. The van der Waals surface area contributed by atoms with Crippen molar-refractivity contribution in [3.63, 3.8) is 0 Å². The molecule has 0 aromatic carbocycles. The molecule has 2 aliphatic rings. The zero-order chi connectivity index (χ0) is 18.8. The molecule has 2 fully saturated rings. The van der Waals surface area contributed by atoms with Gasteiger partial charge in [-0.2, -0.15) is 9.37 Å². The molecule has 1 aromatic rings. The second-order valence-corrected chi connectivity index (χ2v) is 8.22. The van der Waals surface area contributed by atoms with E-state index in [1.165, 1.54) is 32.4 Å². The fourth-order valence-electron chi connectivity index (χ4n) is 3.30. The molecular formula is C19H30BFN2O3. The molecule has 0 unspecified atom stereocenters. The molecule has 7 heteroatoms. The summed E-state index contributed by atoms with van der Waals surface area (Å²) in [7, 11) is -0.749. The Hall–Kier alpha value is -1.18. The molecule has 0 radical (unpaired) electrons. The Morgan fingerprint density at radius 1 is 1.12 bits per heavy atom. The van der Waals surface area contributed by atoms with E-state index in [9.17, 15) is 4.39 Å². The van der Waals surface area contributed by atoms with Gasteiger partial charge in [-0.3, -0.25) is 0 Å². The van der Waals surface area contributed by atoms with Crippen molar-refractivity contribution in [1.82, 2.24) is 9.88 Å². The van der Waals surface area contributed by atoms with Gasteiger partial charge in [0.2, 0.25) is 11.8 Å². The van der Waals surface area contributed by atoms with Gasteiger partial charge in [0.1, 0.15) is 0 Å². The molecule has 3 heterocycles. The minimum Gasteiger partial charge on any atom is -0.478 e. The van der Waals surface area contributed by atoms with Crippen LogP contribution in [0.5, 0.6) is 5.88 Å². The third-order valence-electron chi connectivity index (χ3n) is 5.68. The van der Waals surface area contributed by atoms with Crippen molar-refractivity contribution >= 4 is 12.6 Å². The second-order valence-electron chi connectivity index (χ2n) is 8.22. The normalized spacial score (nSPS) is 22.6. The number of halogens is 1. The lowest BCUT2D eigenvalue weighted by molar-refractivity contribution is 0.00578. The van der Waals surface area contributed by atoms with E-state index in [4.69, 9.17) is 14.0 Å². The summed E-state index contributed by atoms with van der Waals surface area (Å²) in [6.45, 7) is 11.7. The number of pyridine rings is 1. The number of likely N-dealkylation sites (tertiary alicyclic amines) is 1. The van der Waals surface area contributed by atoms with E-state index < -0.39 is 24.3 Å². The van der Waals surface area contributed by atoms with Crippen molar-refractivity contribution in [2.45, 2.75) is 64.6 Å². The van der Waals surface area contributed by atoms with Crippen LogP contribution in [0.4, 0.5) is 4.39 Å². The first-order chi connectivity index (χ1) is 12.3. The molecule has 144 valence electrons. The van der Waals surface area contributed by atoms with Crippen LogP contribution in [0.2, 0.25) is 0 Å². The standard InChI is InChI=1S/C19H30BFN2O3/c1-18(2)19(3,4)26-20(25-18)15-9-10-16(22-17(15)21)24-14-8-13-23-11-6-5-7-12-23/h9-10H,5-8,11-14H2,1-4H3. The predicted octanol–water partition coefficient (Wildman–Crippen LogP) is 2.77. The number of hydrogen-bond donors (Lipinski definition) is 0. The minimum absolute atomic E-state index is 0.307. The van der Waals surface area contributed by atoms with Crippen molar-refractivity contribution in [3.8, 4) is 5.88 Å². The molecular weight excluding hydrogens is 334 g/mol. The van der Waals surface area contributed by atoms with Crippen LogP contribution in [0.1, 0.15) is 53.4 Å². The van der Waals surface area contributed by atoms with Crippen molar-refractivity contribution in [2.24, 2.45) is 0 Å². The molecule has 26 heavy (non-hydrogen) atoms. The molecule has 0 amide bonds. The molecule has 2 aliphatic heterocycles. The molecule has 0 spiro atoms. The van der Waals surface area contributed by atoms with Gasteiger partial charge in [-0.05, 0) is 60.0 Å². The van der Waals surface area contributed by atoms with Gasteiger partial charge in [-0.25, -0.2) is 0 Å². The Bertz CT molecular complexity index is 605. The van der Waals surface area contributed by atoms with Crippen molar-refractivity contribution in [2.75, 3.05) is 26.2 Å². The summed E-state index contributed by atoms with van der Waals surface area (Å²) in [6, 6.07) is 3.33. The molecule has 0 bridgehead atoms. The molecule has 0 saturated carbocycles. The molecule has 5 nitrogen and oxygen atoms in total. The molecule has 2 saturated heterocycles. The third kappa shape index (κ3) is 4.38. The summed E-state index contributed by atoms with van der Waals surface area (Å²) in [5.74, 6) is -0.293. The summed E-state index contributed by atoms with van der Waals surface area (Å²) < 4.78 is 31.8. The van der Waals surface area contributed by atoms with Crippen LogP contribution in [0, 0.1) is 5.95 Å². The molecule has 0 aliphatic carbocycles. The summed E-state index contributed by atoms with van der Waals surface area (Å²) in [5, 5.41) is 0. The molecule has 3 rings (SSSR count). The number of nitrogens with zero attached hydrogens (tertiary/aromatic N) is 2. The topological polar surface area (TPSA) is 43.8 Å². The van der Waals surface area contributed by atoms with Gasteiger partial charge in [0.05, 0.1) is 17.8 Å². The number of aromatic nitrogens is 1. The van der Waals surface area contributed by atoms with Crippen LogP contribution in [-0.4, -0.2) is 54.4 Å². The first-order valence-electron chi connectivity index (χ1n) is 9.66. The maximum atomic E-state index is 14.4. The van der Waals surface area contributed by atoms with E-state index in [0.717, 1.165) is 13.0 Å². The second kappa shape index (κ2) is 7.83. The average molecular weight is 364 g/mol. The van der Waals surface area contributed by atoms with Crippen LogP contribution < -0.4 is 10.2 Å². The Morgan fingerprint density at radius 2 is 1.77 bits per heavy atom. The third-order valence-corrected chi connectivity index (χ3v) is 5.68. The molecule has 0 atom stereocenters. The number of piperidine rings is 1. The lowest BCUT2D eigenvalue weighted by Gasteiger charge is -2.32. The first-order valence-corrected chi connectivity index (χ1v) is 9.66. The Morgan fingerprint density at radius 3 is 2.38 bits per heavy atom. The van der Waals surface area contributed by atoms with Gasteiger partial charge in [-0.15, -0.1) is 0 Å². The van der Waals surface area contributed by atoms with E-state index in [1.54, 1.807) is 12.1 Å². The Labute approximate surface area is 156 Å². The highest BCUT2D eigenvalue weighted by Crippen LogP contribution is 2.36. The highest BCUT2D eigenvalue weighted by molar-refractivity contribution is 6.62. The Balaban J connectivity index is 1.51. The Kier molecular flexibility index (Phi) is 5.89.